The maximum Gasteiger partial charge on any atom is 0.264 e. The van der Waals surface area contributed by atoms with Crippen molar-refractivity contribution < 1.29 is 18.0 Å². The van der Waals surface area contributed by atoms with Crippen molar-refractivity contribution in [2.45, 2.75) is 32.9 Å². The van der Waals surface area contributed by atoms with Gasteiger partial charge in [0.15, 0.2) is 9.84 Å². The average molecular weight is 494 g/mol. The van der Waals surface area contributed by atoms with Crippen LogP contribution in [0.5, 0.6) is 0 Å². The number of carbonyl (C=O) groups excluding carboxylic acids is 2. The molecule has 0 N–H and O–H groups in total. The van der Waals surface area contributed by atoms with Gasteiger partial charge in [0.2, 0.25) is 5.91 Å². The van der Waals surface area contributed by atoms with Crippen LogP contribution in [0.4, 0.5) is 0 Å². The number of hydrogen-bond acceptors (Lipinski definition) is 7. The van der Waals surface area contributed by atoms with Crippen molar-refractivity contribution in [3.8, 4) is 0 Å². The molecule has 2 aromatic rings. The highest BCUT2D eigenvalue weighted by molar-refractivity contribution is 7.91. The number of hydrogen-bond donors (Lipinski definition) is 0. The fourth-order valence-electron chi connectivity index (χ4n) is 4.62. The number of rotatable bonds is 6. The molecule has 0 radical (unpaired) electrons. The maximum absolute atomic E-state index is 12.9. The molecule has 2 aliphatic rings. The van der Waals surface area contributed by atoms with Gasteiger partial charge in [-0.15, -0.1) is 11.3 Å². The number of sulfone groups is 1. The zero-order chi connectivity index (χ0) is 23.8. The summed E-state index contributed by atoms with van der Waals surface area (Å²) in [4.78, 5) is 31.7. The second-order valence-corrected chi connectivity index (χ2v) is 12.1. The smallest absolute Gasteiger partial charge is 0.264 e. The van der Waals surface area contributed by atoms with Crippen molar-refractivity contribution in [2.75, 3.05) is 51.3 Å². The zero-order valence-electron chi connectivity index (χ0n) is 19.4. The molecule has 2 aromatic heterocycles. The standard InChI is InChI=1S/C22H31N5O4S2/c1-16-19(17(2)27(23-16)18-6-12-33(30,31)15-18)13-24(3)14-21(28)25-7-9-26(10-8-25)22(29)20-5-4-11-32-20/h4-5,11,18H,6-10,12-15H2,1-3H3/t18-/m0/s1. The van der Waals surface area contributed by atoms with Crippen LogP contribution in [0.15, 0.2) is 17.5 Å². The Morgan fingerprint density at radius 3 is 2.48 bits per heavy atom. The van der Waals surface area contributed by atoms with E-state index in [1.807, 2.05) is 57.8 Å². The number of likely N-dealkylation sites (N-methyl/N-ethyl adjacent to an activating group) is 1. The quantitative estimate of drug-likeness (QED) is 0.603. The summed E-state index contributed by atoms with van der Waals surface area (Å²) in [5.74, 6) is 0.438. The first-order valence-corrected chi connectivity index (χ1v) is 13.9. The number of nitrogens with zero attached hydrogens (tertiary/aromatic N) is 5. The Labute approximate surface area is 198 Å². The lowest BCUT2D eigenvalue weighted by Gasteiger charge is -2.35. The Hall–Kier alpha value is -2.24. The molecule has 0 aliphatic carbocycles. The molecule has 0 spiro atoms. The summed E-state index contributed by atoms with van der Waals surface area (Å²) in [6.07, 6.45) is 0.596. The molecular formula is C22H31N5O4S2. The highest BCUT2D eigenvalue weighted by Crippen LogP contribution is 2.27. The summed E-state index contributed by atoms with van der Waals surface area (Å²) < 4.78 is 25.6. The molecule has 0 unspecified atom stereocenters. The molecule has 180 valence electrons. The third kappa shape index (κ3) is 5.30. The van der Waals surface area contributed by atoms with Crippen LogP contribution < -0.4 is 0 Å². The second kappa shape index (κ2) is 9.55. The van der Waals surface area contributed by atoms with E-state index < -0.39 is 9.84 Å². The van der Waals surface area contributed by atoms with Crippen LogP contribution in [-0.4, -0.2) is 96.0 Å². The van der Waals surface area contributed by atoms with E-state index in [1.165, 1.54) is 11.3 Å². The first kappa shape index (κ1) is 23.9. The van der Waals surface area contributed by atoms with Gasteiger partial charge in [-0.1, -0.05) is 6.07 Å². The van der Waals surface area contributed by atoms with Crippen molar-refractivity contribution in [1.29, 1.82) is 0 Å². The van der Waals surface area contributed by atoms with E-state index in [4.69, 9.17) is 0 Å². The Kier molecular flexibility index (Phi) is 6.92. The Balaban J connectivity index is 1.31. The van der Waals surface area contributed by atoms with Crippen molar-refractivity contribution in [3.63, 3.8) is 0 Å². The third-order valence-electron chi connectivity index (χ3n) is 6.51. The monoisotopic (exact) mass is 493 g/mol. The molecule has 9 nitrogen and oxygen atoms in total. The van der Waals surface area contributed by atoms with Gasteiger partial charge in [-0.25, -0.2) is 8.42 Å². The molecule has 4 heterocycles. The molecule has 2 saturated heterocycles. The van der Waals surface area contributed by atoms with Crippen molar-refractivity contribution >= 4 is 33.0 Å². The van der Waals surface area contributed by atoms with Gasteiger partial charge in [-0.2, -0.15) is 5.10 Å². The first-order chi connectivity index (χ1) is 15.6. The maximum atomic E-state index is 12.9. The molecule has 0 bridgehead atoms. The number of thiophene rings is 1. The van der Waals surface area contributed by atoms with Gasteiger partial charge < -0.3 is 9.80 Å². The van der Waals surface area contributed by atoms with E-state index >= 15 is 0 Å². The van der Waals surface area contributed by atoms with Gasteiger partial charge in [0.25, 0.3) is 5.91 Å². The van der Waals surface area contributed by atoms with Crippen molar-refractivity contribution in [1.82, 2.24) is 24.5 Å². The van der Waals surface area contributed by atoms with Gasteiger partial charge in [0.05, 0.1) is 34.7 Å². The summed E-state index contributed by atoms with van der Waals surface area (Å²) >= 11 is 1.44. The van der Waals surface area contributed by atoms with Crippen LogP contribution in [-0.2, 0) is 21.2 Å². The topological polar surface area (TPSA) is 95.8 Å². The van der Waals surface area contributed by atoms with Gasteiger partial charge in [-0.05, 0) is 38.8 Å². The van der Waals surface area contributed by atoms with Gasteiger partial charge in [0, 0.05) is 44.0 Å². The van der Waals surface area contributed by atoms with Crippen LogP contribution in [0.2, 0.25) is 0 Å². The summed E-state index contributed by atoms with van der Waals surface area (Å²) in [6, 6.07) is 3.59. The lowest BCUT2D eigenvalue weighted by molar-refractivity contribution is -0.133. The van der Waals surface area contributed by atoms with Gasteiger partial charge in [-0.3, -0.25) is 19.2 Å². The minimum atomic E-state index is -2.98. The normalized spacial score (nSPS) is 20.5. The van der Waals surface area contributed by atoms with Crippen LogP contribution in [0, 0.1) is 13.8 Å². The lowest BCUT2D eigenvalue weighted by atomic mass is 10.1. The average Bonchev–Trinajstić information content (AvgIpc) is 3.49. The SMILES string of the molecule is Cc1nn([C@H]2CCS(=O)(=O)C2)c(C)c1CN(C)CC(=O)N1CCN(C(=O)c2cccs2)CC1. The Morgan fingerprint density at radius 2 is 1.88 bits per heavy atom. The number of carbonyl (C=O) groups is 2. The highest BCUT2D eigenvalue weighted by Gasteiger charge is 2.32. The van der Waals surface area contributed by atoms with Crippen LogP contribution >= 0.6 is 11.3 Å². The molecule has 1 atom stereocenters. The summed E-state index contributed by atoms with van der Waals surface area (Å²) in [5.41, 5.74) is 2.88. The molecule has 4 rings (SSSR count). The van der Waals surface area contributed by atoms with E-state index in [0.29, 0.717) is 39.1 Å². The number of piperazine rings is 1. The second-order valence-electron chi connectivity index (χ2n) is 8.97. The van der Waals surface area contributed by atoms with Crippen LogP contribution in [0.25, 0.3) is 0 Å². The van der Waals surface area contributed by atoms with Crippen LogP contribution in [0.1, 0.15) is 39.1 Å². The van der Waals surface area contributed by atoms with Crippen molar-refractivity contribution in [2.24, 2.45) is 0 Å². The number of aryl methyl sites for hydroxylation is 1. The summed E-state index contributed by atoms with van der Waals surface area (Å²) in [7, 11) is -1.08. The van der Waals surface area contributed by atoms with E-state index in [-0.39, 0.29) is 35.9 Å². The zero-order valence-corrected chi connectivity index (χ0v) is 21.0. The van der Waals surface area contributed by atoms with Gasteiger partial charge >= 0.3 is 0 Å². The van der Waals surface area contributed by atoms with Crippen LogP contribution in [0.3, 0.4) is 0 Å². The summed E-state index contributed by atoms with van der Waals surface area (Å²) in [6.45, 7) is 6.91. The van der Waals surface area contributed by atoms with E-state index in [0.717, 1.165) is 21.8 Å². The Morgan fingerprint density at radius 1 is 1.18 bits per heavy atom. The van der Waals surface area contributed by atoms with Gasteiger partial charge in [0.1, 0.15) is 0 Å². The van der Waals surface area contributed by atoms with Crippen molar-refractivity contribution in [3.05, 3.63) is 39.3 Å². The first-order valence-electron chi connectivity index (χ1n) is 11.2. The molecule has 2 fully saturated rings. The largest absolute Gasteiger partial charge is 0.338 e. The summed E-state index contributed by atoms with van der Waals surface area (Å²) in [5, 5.41) is 6.51. The predicted octanol–water partition coefficient (Wildman–Crippen LogP) is 1.34. The fraction of sp³-hybridized carbons (Fsp3) is 0.591. The molecule has 11 heteroatoms. The number of aromatic nitrogens is 2. The minimum absolute atomic E-state index is 0.0345. The highest BCUT2D eigenvalue weighted by atomic mass is 32.2. The predicted molar refractivity (Wildman–Crippen MR) is 127 cm³/mol. The molecule has 2 aliphatic heterocycles. The fourth-order valence-corrected chi connectivity index (χ4v) is 7.00. The number of amides is 2. The Bertz CT molecular complexity index is 1120. The lowest BCUT2D eigenvalue weighted by Crippen LogP contribution is -2.52. The molecule has 0 saturated carbocycles. The molecule has 33 heavy (non-hydrogen) atoms. The van der Waals surface area contributed by atoms with E-state index in [9.17, 15) is 18.0 Å². The molecule has 0 aromatic carbocycles. The van der Waals surface area contributed by atoms with E-state index in [2.05, 4.69) is 5.10 Å². The molecule has 2 amide bonds. The molecular weight excluding hydrogens is 462 g/mol. The van der Waals surface area contributed by atoms with E-state index in [1.54, 1.807) is 0 Å². The third-order valence-corrected chi connectivity index (χ3v) is 9.12. The minimum Gasteiger partial charge on any atom is -0.338 e.